The average molecular weight is 313 g/mol. The third kappa shape index (κ3) is 3.80. The molecule has 2 aromatic carbocycles. The molecule has 1 fully saturated rings. The Kier molecular flexibility index (Phi) is 4.76. The maximum atomic E-state index is 13.1. The number of piperazine rings is 1. The summed E-state index contributed by atoms with van der Waals surface area (Å²) in [4.78, 5) is 2.30. The molecule has 0 aromatic heterocycles. The molecule has 2 aromatic rings. The highest BCUT2D eigenvalue weighted by Crippen LogP contribution is 2.28. The van der Waals surface area contributed by atoms with E-state index in [4.69, 9.17) is 4.74 Å². The van der Waals surface area contributed by atoms with Gasteiger partial charge in [0.05, 0.1) is 32.1 Å². The number of ether oxygens (including phenoxy) is 1. The molecular formula is C18H20FN3O. The maximum Gasteiger partial charge on any atom is 0.142 e. The molecule has 0 amide bonds. The largest absolute Gasteiger partial charge is 0.495 e. The van der Waals surface area contributed by atoms with Crippen molar-refractivity contribution >= 4 is 11.9 Å². The topological polar surface area (TPSA) is 28.1 Å². The zero-order valence-electron chi connectivity index (χ0n) is 13.2. The third-order valence-corrected chi connectivity index (χ3v) is 3.90. The fourth-order valence-electron chi connectivity index (χ4n) is 2.68. The van der Waals surface area contributed by atoms with Gasteiger partial charge in [0.2, 0.25) is 0 Å². The van der Waals surface area contributed by atoms with Crippen LogP contribution in [0.2, 0.25) is 0 Å². The van der Waals surface area contributed by atoms with E-state index in [0.29, 0.717) is 0 Å². The lowest BCUT2D eigenvalue weighted by Crippen LogP contribution is -2.44. The van der Waals surface area contributed by atoms with Gasteiger partial charge in [0, 0.05) is 13.1 Å². The predicted octanol–water partition coefficient (Wildman–Crippen LogP) is 2.99. The Labute approximate surface area is 135 Å². The van der Waals surface area contributed by atoms with Crippen molar-refractivity contribution in [2.24, 2.45) is 5.10 Å². The second kappa shape index (κ2) is 7.13. The molecule has 120 valence electrons. The molecule has 0 N–H and O–H groups in total. The van der Waals surface area contributed by atoms with Gasteiger partial charge in [-0.15, -0.1) is 0 Å². The number of hydrazone groups is 1. The molecule has 0 atom stereocenters. The third-order valence-electron chi connectivity index (χ3n) is 3.90. The van der Waals surface area contributed by atoms with Crippen LogP contribution in [0.15, 0.2) is 53.6 Å². The summed E-state index contributed by atoms with van der Waals surface area (Å²) >= 11 is 0. The number of hydrogen-bond acceptors (Lipinski definition) is 4. The molecular weight excluding hydrogens is 293 g/mol. The molecule has 0 aliphatic carbocycles. The van der Waals surface area contributed by atoms with Crippen LogP contribution in [0.5, 0.6) is 5.75 Å². The number of rotatable bonds is 4. The van der Waals surface area contributed by atoms with Crippen LogP contribution in [0.25, 0.3) is 0 Å². The molecule has 0 bridgehead atoms. The second-order valence-corrected chi connectivity index (χ2v) is 5.41. The molecule has 4 nitrogen and oxygen atoms in total. The maximum absolute atomic E-state index is 13.1. The van der Waals surface area contributed by atoms with Gasteiger partial charge in [-0.1, -0.05) is 24.3 Å². The first-order chi connectivity index (χ1) is 11.3. The first kappa shape index (κ1) is 15.3. The number of benzene rings is 2. The first-order valence-corrected chi connectivity index (χ1v) is 7.69. The van der Waals surface area contributed by atoms with Crippen molar-refractivity contribution in [1.29, 1.82) is 0 Å². The highest BCUT2D eigenvalue weighted by molar-refractivity contribution is 5.79. The summed E-state index contributed by atoms with van der Waals surface area (Å²) in [6.45, 7) is 3.40. The molecule has 0 radical (unpaired) electrons. The molecule has 23 heavy (non-hydrogen) atoms. The Balaban J connectivity index is 1.60. The van der Waals surface area contributed by atoms with Crippen molar-refractivity contribution in [1.82, 2.24) is 5.01 Å². The van der Waals surface area contributed by atoms with Crippen LogP contribution >= 0.6 is 0 Å². The number of nitrogens with zero attached hydrogens (tertiary/aromatic N) is 3. The van der Waals surface area contributed by atoms with Gasteiger partial charge in [-0.3, -0.25) is 5.01 Å². The summed E-state index contributed by atoms with van der Waals surface area (Å²) in [7, 11) is 1.69. The lowest BCUT2D eigenvalue weighted by molar-refractivity contribution is 0.271. The van der Waals surface area contributed by atoms with Crippen molar-refractivity contribution in [2.75, 3.05) is 38.2 Å². The molecule has 0 saturated carbocycles. The summed E-state index contributed by atoms with van der Waals surface area (Å²) in [6, 6.07) is 14.5. The Morgan fingerprint density at radius 2 is 1.83 bits per heavy atom. The van der Waals surface area contributed by atoms with E-state index in [2.05, 4.69) is 16.1 Å². The lowest BCUT2D eigenvalue weighted by Gasteiger charge is -2.35. The predicted molar refractivity (Wildman–Crippen MR) is 90.8 cm³/mol. The van der Waals surface area contributed by atoms with Gasteiger partial charge in [0.15, 0.2) is 0 Å². The zero-order valence-corrected chi connectivity index (χ0v) is 13.2. The zero-order chi connectivity index (χ0) is 16.1. The first-order valence-electron chi connectivity index (χ1n) is 7.69. The van der Waals surface area contributed by atoms with E-state index in [1.54, 1.807) is 19.4 Å². The van der Waals surface area contributed by atoms with Gasteiger partial charge in [0.1, 0.15) is 11.6 Å². The Hall–Kier alpha value is -2.56. The molecule has 1 saturated heterocycles. The minimum Gasteiger partial charge on any atom is -0.495 e. The highest BCUT2D eigenvalue weighted by Gasteiger charge is 2.18. The lowest BCUT2D eigenvalue weighted by atomic mass is 10.2. The Morgan fingerprint density at radius 3 is 2.57 bits per heavy atom. The van der Waals surface area contributed by atoms with Crippen molar-refractivity contribution in [2.45, 2.75) is 0 Å². The number of hydrogen-bond donors (Lipinski definition) is 0. The number of anilines is 1. The smallest absolute Gasteiger partial charge is 0.142 e. The fraction of sp³-hybridized carbons (Fsp3) is 0.278. The molecule has 1 heterocycles. The van der Waals surface area contributed by atoms with E-state index in [0.717, 1.165) is 43.2 Å². The summed E-state index contributed by atoms with van der Waals surface area (Å²) in [6.07, 6.45) is 1.71. The van der Waals surface area contributed by atoms with E-state index in [1.165, 1.54) is 12.1 Å². The summed E-state index contributed by atoms with van der Waals surface area (Å²) in [5, 5.41) is 6.46. The summed E-state index contributed by atoms with van der Waals surface area (Å²) in [5.74, 6) is 0.652. The monoisotopic (exact) mass is 313 g/mol. The fourth-order valence-corrected chi connectivity index (χ4v) is 2.68. The normalized spacial score (nSPS) is 15.2. The van der Waals surface area contributed by atoms with Gasteiger partial charge >= 0.3 is 0 Å². The second-order valence-electron chi connectivity index (χ2n) is 5.41. The number of para-hydroxylation sites is 2. The van der Waals surface area contributed by atoms with Gasteiger partial charge in [0.25, 0.3) is 0 Å². The quantitative estimate of drug-likeness (QED) is 0.812. The van der Waals surface area contributed by atoms with Crippen molar-refractivity contribution < 1.29 is 9.13 Å². The van der Waals surface area contributed by atoms with E-state index in [1.807, 2.05) is 29.3 Å². The van der Waals surface area contributed by atoms with Crippen LogP contribution in [-0.4, -0.2) is 44.5 Å². The van der Waals surface area contributed by atoms with Crippen LogP contribution in [0.3, 0.4) is 0 Å². The minimum atomic E-state index is -0.241. The van der Waals surface area contributed by atoms with Crippen LogP contribution in [0, 0.1) is 5.82 Å². The van der Waals surface area contributed by atoms with Gasteiger partial charge < -0.3 is 9.64 Å². The molecule has 0 unspecified atom stereocenters. The van der Waals surface area contributed by atoms with E-state index in [9.17, 15) is 4.39 Å². The molecule has 1 aliphatic rings. The van der Waals surface area contributed by atoms with E-state index < -0.39 is 0 Å². The molecule has 0 spiro atoms. The van der Waals surface area contributed by atoms with Crippen LogP contribution in [-0.2, 0) is 0 Å². The van der Waals surface area contributed by atoms with Crippen molar-refractivity contribution in [3.8, 4) is 5.75 Å². The van der Waals surface area contributed by atoms with Gasteiger partial charge in [-0.05, 0) is 29.8 Å². The van der Waals surface area contributed by atoms with Crippen LogP contribution < -0.4 is 9.64 Å². The molecule has 1 aliphatic heterocycles. The number of methoxy groups -OCH3 is 1. The van der Waals surface area contributed by atoms with Crippen LogP contribution in [0.1, 0.15) is 5.56 Å². The van der Waals surface area contributed by atoms with Gasteiger partial charge in [-0.25, -0.2) is 4.39 Å². The van der Waals surface area contributed by atoms with Gasteiger partial charge in [-0.2, -0.15) is 5.10 Å². The Bertz CT molecular complexity index is 681. The SMILES string of the molecule is COc1ccccc1N1CCN(N=Cc2cccc(F)c2)CC1. The number of halogens is 1. The average Bonchev–Trinajstić information content (AvgIpc) is 2.60. The van der Waals surface area contributed by atoms with E-state index in [-0.39, 0.29) is 5.82 Å². The standard InChI is InChI=1S/C18H20FN3O/c1-23-18-8-3-2-7-17(18)21-9-11-22(12-10-21)20-14-15-5-4-6-16(19)13-15/h2-8,13-14H,9-12H2,1H3. The molecule has 3 rings (SSSR count). The summed E-state index contributed by atoms with van der Waals surface area (Å²) < 4.78 is 18.6. The molecule has 5 heteroatoms. The minimum absolute atomic E-state index is 0.241. The van der Waals surface area contributed by atoms with Crippen LogP contribution in [0.4, 0.5) is 10.1 Å². The van der Waals surface area contributed by atoms with E-state index >= 15 is 0 Å². The van der Waals surface area contributed by atoms with Crippen molar-refractivity contribution in [3.05, 3.63) is 59.9 Å². The van der Waals surface area contributed by atoms with Crippen molar-refractivity contribution in [3.63, 3.8) is 0 Å². The highest BCUT2D eigenvalue weighted by atomic mass is 19.1. The summed E-state index contributed by atoms with van der Waals surface area (Å²) in [5.41, 5.74) is 1.89. The Morgan fingerprint density at radius 1 is 1.04 bits per heavy atom.